The number of ether oxygens (including phenoxy) is 1. The number of nitrogens with zero attached hydrogens (tertiary/aromatic N) is 1. The minimum atomic E-state index is -0.732. The molecule has 6 heteroatoms. The molecule has 0 amide bonds. The summed E-state index contributed by atoms with van der Waals surface area (Å²) in [6.07, 6.45) is 1.42. The smallest absolute Gasteiger partial charge is 0.314 e. The molecule has 1 aliphatic carbocycles. The van der Waals surface area contributed by atoms with Crippen molar-refractivity contribution in [1.82, 2.24) is 5.16 Å². The zero-order valence-electron chi connectivity index (χ0n) is 21.6. The van der Waals surface area contributed by atoms with E-state index in [4.69, 9.17) is 9.26 Å². The third-order valence-electron chi connectivity index (χ3n) is 7.70. The van der Waals surface area contributed by atoms with Crippen molar-refractivity contribution in [2.24, 2.45) is 0 Å². The van der Waals surface area contributed by atoms with E-state index in [2.05, 4.69) is 48.6 Å². The molecular weight excluding hydrogens is 464 g/mol. The van der Waals surface area contributed by atoms with Gasteiger partial charge in [-0.05, 0) is 61.1 Å². The Bertz CT molecular complexity index is 1380. The lowest BCUT2D eigenvalue weighted by atomic mass is 9.93. The Morgan fingerprint density at radius 2 is 1.51 bits per heavy atom. The number of carboxylic acids is 1. The van der Waals surface area contributed by atoms with Crippen LogP contribution in [-0.4, -0.2) is 29.4 Å². The van der Waals surface area contributed by atoms with Gasteiger partial charge in [0.25, 0.3) is 0 Å². The number of aliphatic carboxylic acids is 1. The van der Waals surface area contributed by atoms with Gasteiger partial charge in [0.1, 0.15) is 17.1 Å². The number of aromatic nitrogens is 1. The molecule has 0 bridgehead atoms. The van der Waals surface area contributed by atoms with E-state index in [0.717, 1.165) is 39.4 Å². The van der Waals surface area contributed by atoms with Crippen LogP contribution in [0.4, 0.5) is 5.69 Å². The molecule has 1 saturated carbocycles. The Balaban J connectivity index is 1.32. The molecule has 4 aromatic rings. The molecule has 5 rings (SSSR count). The van der Waals surface area contributed by atoms with Crippen LogP contribution in [0.1, 0.15) is 49.4 Å². The normalized spacial score (nSPS) is 15.6. The van der Waals surface area contributed by atoms with Gasteiger partial charge in [-0.15, -0.1) is 0 Å². The lowest BCUT2D eigenvalue weighted by molar-refractivity contribution is -0.140. The summed E-state index contributed by atoms with van der Waals surface area (Å²) in [5, 5.41) is 17.4. The number of carboxylic acid groups (broad SMARTS) is 1. The Morgan fingerprint density at radius 3 is 2.05 bits per heavy atom. The van der Waals surface area contributed by atoms with Gasteiger partial charge in [0, 0.05) is 17.5 Å². The van der Waals surface area contributed by atoms with E-state index in [1.165, 1.54) is 5.56 Å². The second-order valence-electron chi connectivity index (χ2n) is 10.0. The second-order valence-corrected chi connectivity index (χ2v) is 10.0. The lowest BCUT2D eigenvalue weighted by Gasteiger charge is -2.23. The molecule has 1 aromatic heterocycles. The number of hydrogen-bond donors (Lipinski definition) is 2. The first kappa shape index (κ1) is 24.6. The van der Waals surface area contributed by atoms with Crippen molar-refractivity contribution in [2.75, 3.05) is 12.4 Å². The van der Waals surface area contributed by atoms with Gasteiger partial charge in [-0.3, -0.25) is 4.79 Å². The molecule has 1 aliphatic rings. The van der Waals surface area contributed by atoms with Gasteiger partial charge in [-0.2, -0.15) is 0 Å². The standard InChI is InChI=1S/C31H32N2O4/c1-19(22-11-15-27(36-4)16-12-22)20(2)32-28-21(3)33-37-29(28)25-7-5-23(6-8-25)24-9-13-26(14-10-24)31(17-18-31)30(34)35/h5-16,19-20,32H,17-18H2,1-4H3,(H,34,35). The van der Waals surface area contributed by atoms with Crippen LogP contribution in [-0.2, 0) is 10.2 Å². The highest BCUT2D eigenvalue weighted by Gasteiger charge is 2.51. The molecule has 37 heavy (non-hydrogen) atoms. The highest BCUT2D eigenvalue weighted by molar-refractivity contribution is 5.85. The number of aryl methyl sites for hydroxylation is 1. The van der Waals surface area contributed by atoms with Crippen molar-refractivity contribution in [3.05, 3.63) is 89.6 Å². The maximum atomic E-state index is 11.6. The van der Waals surface area contributed by atoms with Crippen molar-refractivity contribution in [3.8, 4) is 28.2 Å². The zero-order chi connectivity index (χ0) is 26.2. The van der Waals surface area contributed by atoms with Crippen LogP contribution in [0, 0.1) is 6.92 Å². The highest BCUT2D eigenvalue weighted by Crippen LogP contribution is 2.48. The number of nitrogens with one attached hydrogen (secondary N) is 1. The second kappa shape index (κ2) is 9.77. The van der Waals surface area contributed by atoms with Crippen LogP contribution in [0.15, 0.2) is 77.3 Å². The minimum absolute atomic E-state index is 0.142. The van der Waals surface area contributed by atoms with Gasteiger partial charge in [-0.25, -0.2) is 0 Å². The molecular formula is C31H32N2O4. The Kier molecular flexibility index (Phi) is 6.50. The SMILES string of the molecule is COc1ccc(C(C)C(C)Nc2c(C)noc2-c2ccc(-c3ccc(C4(C(=O)O)CC4)cc3)cc2)cc1. The summed E-state index contributed by atoms with van der Waals surface area (Å²) in [6.45, 7) is 6.30. The topological polar surface area (TPSA) is 84.6 Å². The molecule has 0 saturated heterocycles. The summed E-state index contributed by atoms with van der Waals surface area (Å²) < 4.78 is 11.0. The summed E-state index contributed by atoms with van der Waals surface area (Å²) in [5.74, 6) is 1.09. The number of hydrogen-bond acceptors (Lipinski definition) is 5. The van der Waals surface area contributed by atoms with Crippen LogP contribution in [0.2, 0.25) is 0 Å². The van der Waals surface area contributed by atoms with Crippen LogP contribution in [0.25, 0.3) is 22.5 Å². The zero-order valence-corrected chi connectivity index (χ0v) is 21.6. The number of anilines is 1. The van der Waals surface area contributed by atoms with E-state index in [1.54, 1.807) is 7.11 Å². The van der Waals surface area contributed by atoms with Crippen LogP contribution >= 0.6 is 0 Å². The highest BCUT2D eigenvalue weighted by atomic mass is 16.5. The van der Waals surface area contributed by atoms with E-state index >= 15 is 0 Å². The predicted molar refractivity (Wildman–Crippen MR) is 145 cm³/mol. The molecule has 0 aliphatic heterocycles. The van der Waals surface area contributed by atoms with Gasteiger partial charge in [-0.1, -0.05) is 72.7 Å². The maximum absolute atomic E-state index is 11.6. The number of carbonyl (C=O) groups is 1. The van der Waals surface area contributed by atoms with Crippen molar-refractivity contribution < 1.29 is 19.2 Å². The van der Waals surface area contributed by atoms with E-state index in [-0.39, 0.29) is 12.0 Å². The van der Waals surface area contributed by atoms with Gasteiger partial charge in [0.05, 0.1) is 12.5 Å². The average Bonchev–Trinajstić information content (AvgIpc) is 3.68. The van der Waals surface area contributed by atoms with E-state index in [0.29, 0.717) is 18.6 Å². The summed E-state index contributed by atoms with van der Waals surface area (Å²) in [4.78, 5) is 11.6. The van der Waals surface area contributed by atoms with Crippen LogP contribution in [0.3, 0.4) is 0 Å². The van der Waals surface area contributed by atoms with Crippen molar-refractivity contribution in [1.29, 1.82) is 0 Å². The summed E-state index contributed by atoms with van der Waals surface area (Å²) in [7, 11) is 1.67. The van der Waals surface area contributed by atoms with Gasteiger partial charge >= 0.3 is 5.97 Å². The van der Waals surface area contributed by atoms with Gasteiger partial charge in [0.15, 0.2) is 5.76 Å². The van der Waals surface area contributed by atoms with Gasteiger partial charge < -0.3 is 19.7 Å². The lowest BCUT2D eigenvalue weighted by Crippen LogP contribution is -2.22. The molecule has 190 valence electrons. The number of benzene rings is 3. The molecule has 2 unspecified atom stereocenters. The first-order valence-electron chi connectivity index (χ1n) is 12.6. The maximum Gasteiger partial charge on any atom is 0.314 e. The van der Waals surface area contributed by atoms with Crippen molar-refractivity contribution >= 4 is 11.7 Å². The molecule has 2 atom stereocenters. The monoisotopic (exact) mass is 496 g/mol. The summed E-state index contributed by atoms with van der Waals surface area (Å²) in [6, 6.07) is 24.4. The third-order valence-corrected chi connectivity index (χ3v) is 7.70. The van der Waals surface area contributed by atoms with Gasteiger partial charge in [0.2, 0.25) is 0 Å². The average molecular weight is 497 g/mol. The summed E-state index contributed by atoms with van der Waals surface area (Å²) in [5.41, 5.74) is 6.18. The summed E-state index contributed by atoms with van der Waals surface area (Å²) >= 11 is 0. The molecule has 6 nitrogen and oxygen atoms in total. The largest absolute Gasteiger partial charge is 0.497 e. The molecule has 1 fully saturated rings. The molecule has 3 aromatic carbocycles. The van der Waals surface area contributed by atoms with E-state index in [9.17, 15) is 9.90 Å². The van der Waals surface area contributed by atoms with Crippen LogP contribution < -0.4 is 10.1 Å². The molecule has 0 radical (unpaired) electrons. The molecule has 1 heterocycles. The fourth-order valence-corrected chi connectivity index (χ4v) is 4.83. The third kappa shape index (κ3) is 4.71. The Labute approximate surface area is 217 Å². The van der Waals surface area contributed by atoms with Crippen LogP contribution in [0.5, 0.6) is 5.75 Å². The fourth-order valence-electron chi connectivity index (χ4n) is 4.83. The predicted octanol–water partition coefficient (Wildman–Crippen LogP) is 7.05. The minimum Gasteiger partial charge on any atom is -0.497 e. The van der Waals surface area contributed by atoms with Crippen molar-refractivity contribution in [3.63, 3.8) is 0 Å². The van der Waals surface area contributed by atoms with E-state index in [1.807, 2.05) is 55.5 Å². The number of methoxy groups -OCH3 is 1. The first-order chi connectivity index (χ1) is 17.8. The Hall–Kier alpha value is -4.06. The fraction of sp³-hybridized carbons (Fsp3) is 0.290. The number of rotatable bonds is 9. The first-order valence-corrected chi connectivity index (χ1v) is 12.6. The van der Waals surface area contributed by atoms with Crippen molar-refractivity contribution in [2.45, 2.75) is 51.0 Å². The Morgan fingerprint density at radius 1 is 0.946 bits per heavy atom. The quantitative estimate of drug-likeness (QED) is 0.258. The molecule has 2 N–H and O–H groups in total. The molecule has 0 spiro atoms. The van der Waals surface area contributed by atoms with E-state index < -0.39 is 11.4 Å².